The van der Waals surface area contributed by atoms with Crippen molar-refractivity contribution in [2.24, 2.45) is 5.16 Å². The van der Waals surface area contributed by atoms with Gasteiger partial charge in [-0.25, -0.2) is 0 Å². The molecule has 0 fully saturated rings. The molecular formula is C20H23N3O3. The normalized spacial score (nSPS) is 12.2. The van der Waals surface area contributed by atoms with Crippen LogP contribution in [-0.4, -0.2) is 23.6 Å². The van der Waals surface area contributed by atoms with Crippen LogP contribution in [0.2, 0.25) is 0 Å². The molecule has 1 unspecified atom stereocenters. The predicted molar refractivity (Wildman–Crippen MR) is 103 cm³/mol. The molecule has 0 bridgehead atoms. The number of amides is 2. The van der Waals surface area contributed by atoms with E-state index in [1.54, 1.807) is 26.0 Å². The zero-order valence-electron chi connectivity index (χ0n) is 15.4. The van der Waals surface area contributed by atoms with Crippen molar-refractivity contribution in [1.82, 2.24) is 0 Å². The Balaban J connectivity index is 1.94. The lowest BCUT2D eigenvalue weighted by Crippen LogP contribution is -2.26. The van der Waals surface area contributed by atoms with Crippen molar-refractivity contribution >= 4 is 28.9 Å². The van der Waals surface area contributed by atoms with Gasteiger partial charge in [0.1, 0.15) is 0 Å². The average molecular weight is 353 g/mol. The summed E-state index contributed by atoms with van der Waals surface area (Å²) in [6.07, 6.45) is -0.732. The number of anilines is 2. The molecule has 0 saturated carbocycles. The molecule has 6 heteroatoms. The van der Waals surface area contributed by atoms with Gasteiger partial charge in [0.15, 0.2) is 0 Å². The van der Waals surface area contributed by atoms with E-state index in [0.29, 0.717) is 11.4 Å². The van der Waals surface area contributed by atoms with Crippen LogP contribution < -0.4 is 10.6 Å². The Morgan fingerprint density at radius 1 is 1.00 bits per heavy atom. The Bertz CT molecular complexity index is 813. The molecule has 2 N–H and O–H groups in total. The SMILES string of the molecule is CC(=O)Nc1ccc(C(C)=NOC(C)C(=O)Nc2cccc(C)c2)cc1. The standard InChI is InChI=1S/C20H23N3O3/c1-13-6-5-7-19(12-13)22-20(25)15(3)26-23-14(2)17-8-10-18(11-9-17)21-16(4)24/h5-12,15H,1-4H3,(H,21,24)(H,22,25). The second kappa shape index (κ2) is 8.80. The van der Waals surface area contributed by atoms with Crippen molar-refractivity contribution in [1.29, 1.82) is 0 Å². The van der Waals surface area contributed by atoms with Gasteiger partial charge in [0.05, 0.1) is 5.71 Å². The number of nitrogens with zero attached hydrogens (tertiary/aromatic N) is 1. The molecule has 0 aliphatic carbocycles. The van der Waals surface area contributed by atoms with Crippen molar-refractivity contribution in [3.8, 4) is 0 Å². The van der Waals surface area contributed by atoms with Crippen LogP contribution in [0.25, 0.3) is 0 Å². The monoisotopic (exact) mass is 353 g/mol. The quantitative estimate of drug-likeness (QED) is 0.613. The Hall–Kier alpha value is -3.15. The molecule has 0 spiro atoms. The number of benzene rings is 2. The van der Waals surface area contributed by atoms with Crippen LogP contribution in [0.1, 0.15) is 31.9 Å². The second-order valence-corrected chi connectivity index (χ2v) is 6.04. The van der Waals surface area contributed by atoms with E-state index in [-0.39, 0.29) is 11.8 Å². The summed E-state index contributed by atoms with van der Waals surface area (Å²) >= 11 is 0. The lowest BCUT2D eigenvalue weighted by molar-refractivity contribution is -0.126. The number of carbonyl (C=O) groups is 2. The van der Waals surface area contributed by atoms with Gasteiger partial charge in [-0.3, -0.25) is 9.59 Å². The minimum Gasteiger partial charge on any atom is -0.382 e. The van der Waals surface area contributed by atoms with Crippen LogP contribution in [0.5, 0.6) is 0 Å². The highest BCUT2D eigenvalue weighted by molar-refractivity contribution is 5.99. The fourth-order valence-corrected chi connectivity index (χ4v) is 2.22. The van der Waals surface area contributed by atoms with Gasteiger partial charge < -0.3 is 15.5 Å². The first-order valence-corrected chi connectivity index (χ1v) is 8.31. The number of hydrogen-bond donors (Lipinski definition) is 2. The van der Waals surface area contributed by atoms with Crippen LogP contribution in [0.4, 0.5) is 11.4 Å². The van der Waals surface area contributed by atoms with E-state index in [4.69, 9.17) is 4.84 Å². The van der Waals surface area contributed by atoms with Crippen molar-refractivity contribution in [3.63, 3.8) is 0 Å². The molecule has 2 aromatic carbocycles. The Morgan fingerprint density at radius 3 is 2.31 bits per heavy atom. The number of hydrogen-bond acceptors (Lipinski definition) is 4. The Labute approximate surface area is 153 Å². The third-order valence-corrected chi connectivity index (χ3v) is 3.63. The van der Waals surface area contributed by atoms with Gasteiger partial charge in [-0.2, -0.15) is 0 Å². The summed E-state index contributed by atoms with van der Waals surface area (Å²) in [5.74, 6) is -0.395. The smallest absolute Gasteiger partial charge is 0.267 e. The van der Waals surface area contributed by atoms with E-state index >= 15 is 0 Å². The first-order valence-electron chi connectivity index (χ1n) is 8.31. The molecule has 1 atom stereocenters. The summed E-state index contributed by atoms with van der Waals surface area (Å²) in [6.45, 7) is 6.85. The predicted octanol–water partition coefficient (Wildman–Crippen LogP) is 3.72. The van der Waals surface area contributed by atoms with Crippen molar-refractivity contribution in [2.75, 3.05) is 10.6 Å². The van der Waals surface area contributed by atoms with E-state index < -0.39 is 6.10 Å². The van der Waals surface area contributed by atoms with E-state index in [0.717, 1.165) is 16.8 Å². The van der Waals surface area contributed by atoms with Crippen LogP contribution >= 0.6 is 0 Å². The molecule has 0 aromatic heterocycles. The molecule has 2 aromatic rings. The summed E-state index contributed by atoms with van der Waals surface area (Å²) in [6, 6.07) is 14.8. The van der Waals surface area contributed by atoms with Gasteiger partial charge in [-0.15, -0.1) is 0 Å². The molecule has 0 radical (unpaired) electrons. The molecule has 0 heterocycles. The summed E-state index contributed by atoms with van der Waals surface area (Å²) < 4.78 is 0. The zero-order valence-corrected chi connectivity index (χ0v) is 15.4. The summed E-state index contributed by atoms with van der Waals surface area (Å²) in [4.78, 5) is 28.5. The highest BCUT2D eigenvalue weighted by Crippen LogP contribution is 2.12. The highest BCUT2D eigenvalue weighted by Gasteiger charge is 2.14. The van der Waals surface area contributed by atoms with Gasteiger partial charge in [0.25, 0.3) is 5.91 Å². The topological polar surface area (TPSA) is 79.8 Å². The number of rotatable bonds is 6. The number of aryl methyl sites for hydroxylation is 1. The van der Waals surface area contributed by atoms with E-state index in [2.05, 4.69) is 15.8 Å². The number of carbonyl (C=O) groups excluding carboxylic acids is 2. The molecule has 6 nitrogen and oxygen atoms in total. The molecule has 0 aliphatic heterocycles. The van der Waals surface area contributed by atoms with Gasteiger partial charge in [0.2, 0.25) is 12.0 Å². The second-order valence-electron chi connectivity index (χ2n) is 6.04. The lowest BCUT2D eigenvalue weighted by Gasteiger charge is -2.12. The van der Waals surface area contributed by atoms with Crippen LogP contribution in [0.3, 0.4) is 0 Å². The Morgan fingerprint density at radius 2 is 1.69 bits per heavy atom. The highest BCUT2D eigenvalue weighted by atomic mass is 16.6. The average Bonchev–Trinajstić information content (AvgIpc) is 2.59. The third kappa shape index (κ3) is 5.73. The fraction of sp³-hybridized carbons (Fsp3) is 0.250. The fourth-order valence-electron chi connectivity index (χ4n) is 2.22. The Kier molecular flexibility index (Phi) is 6.49. The minimum absolute atomic E-state index is 0.125. The van der Waals surface area contributed by atoms with Crippen molar-refractivity contribution in [3.05, 3.63) is 59.7 Å². The molecule has 2 amide bonds. The van der Waals surface area contributed by atoms with Gasteiger partial charge >= 0.3 is 0 Å². The summed E-state index contributed by atoms with van der Waals surface area (Å²) in [5.41, 5.74) is 3.97. The van der Waals surface area contributed by atoms with Crippen LogP contribution in [0.15, 0.2) is 53.7 Å². The minimum atomic E-state index is -0.732. The molecule has 0 saturated heterocycles. The maximum atomic E-state index is 12.2. The van der Waals surface area contributed by atoms with E-state index in [1.165, 1.54) is 6.92 Å². The van der Waals surface area contributed by atoms with Crippen LogP contribution in [-0.2, 0) is 14.4 Å². The lowest BCUT2D eigenvalue weighted by atomic mass is 10.1. The van der Waals surface area contributed by atoms with Gasteiger partial charge in [0, 0.05) is 18.3 Å². The summed E-state index contributed by atoms with van der Waals surface area (Å²) in [7, 11) is 0. The molecule has 136 valence electrons. The van der Waals surface area contributed by atoms with E-state index in [1.807, 2.05) is 43.3 Å². The molecule has 26 heavy (non-hydrogen) atoms. The van der Waals surface area contributed by atoms with Crippen LogP contribution in [0, 0.1) is 6.92 Å². The van der Waals surface area contributed by atoms with Crippen molar-refractivity contribution in [2.45, 2.75) is 33.8 Å². The largest absolute Gasteiger partial charge is 0.382 e. The molecular weight excluding hydrogens is 330 g/mol. The maximum Gasteiger partial charge on any atom is 0.267 e. The van der Waals surface area contributed by atoms with Gasteiger partial charge in [-0.05, 0) is 56.2 Å². The molecule has 0 aliphatic rings. The number of nitrogens with one attached hydrogen (secondary N) is 2. The maximum absolute atomic E-state index is 12.2. The third-order valence-electron chi connectivity index (χ3n) is 3.63. The molecule has 2 rings (SSSR count). The van der Waals surface area contributed by atoms with E-state index in [9.17, 15) is 9.59 Å². The zero-order chi connectivity index (χ0) is 19.1. The summed E-state index contributed by atoms with van der Waals surface area (Å²) in [5, 5.41) is 9.53. The van der Waals surface area contributed by atoms with Gasteiger partial charge in [-0.1, -0.05) is 29.4 Å². The number of oxime groups is 1. The first kappa shape index (κ1) is 19.2. The first-order chi connectivity index (χ1) is 12.3. The van der Waals surface area contributed by atoms with Crippen molar-refractivity contribution < 1.29 is 14.4 Å².